The average molecular weight is 307 g/mol. The summed E-state index contributed by atoms with van der Waals surface area (Å²) >= 11 is 17.7. The van der Waals surface area contributed by atoms with E-state index in [0.29, 0.717) is 16.3 Å². The van der Waals surface area contributed by atoms with Gasteiger partial charge in [0.15, 0.2) is 0 Å². The maximum Gasteiger partial charge on any atom is 0.149 e. The van der Waals surface area contributed by atoms with Crippen LogP contribution in [0.4, 0.5) is 4.39 Å². The lowest BCUT2D eigenvalue weighted by molar-refractivity contribution is 0.276. The van der Waals surface area contributed by atoms with Crippen LogP contribution in [0.5, 0.6) is 0 Å². The van der Waals surface area contributed by atoms with E-state index in [-0.39, 0.29) is 22.3 Å². The highest BCUT2D eigenvalue weighted by atomic mass is 35.5. The minimum atomic E-state index is -0.563. The van der Waals surface area contributed by atoms with E-state index in [1.807, 2.05) is 0 Å². The Labute approximate surface area is 118 Å². The summed E-state index contributed by atoms with van der Waals surface area (Å²) in [6.07, 6.45) is 0. The Morgan fingerprint density at radius 3 is 2.56 bits per heavy atom. The summed E-state index contributed by atoms with van der Waals surface area (Å²) in [6.45, 7) is -0.292. The molecule has 0 aliphatic heterocycles. The van der Waals surface area contributed by atoms with Gasteiger partial charge >= 0.3 is 0 Å². The molecule has 0 saturated carbocycles. The van der Waals surface area contributed by atoms with Gasteiger partial charge < -0.3 is 5.11 Å². The zero-order chi connectivity index (χ0) is 13.3. The number of benzene rings is 1. The van der Waals surface area contributed by atoms with Gasteiger partial charge in [-0.1, -0.05) is 34.8 Å². The highest BCUT2D eigenvalue weighted by Gasteiger charge is 2.15. The Bertz CT molecular complexity index is 604. The molecule has 1 aromatic carbocycles. The van der Waals surface area contributed by atoms with Gasteiger partial charge in [0.05, 0.1) is 22.3 Å². The quantitative estimate of drug-likeness (QED) is 0.837. The van der Waals surface area contributed by atoms with Crippen molar-refractivity contribution in [3.8, 4) is 11.3 Å². The highest BCUT2D eigenvalue weighted by molar-refractivity contribution is 6.45. The van der Waals surface area contributed by atoms with Crippen LogP contribution >= 0.6 is 34.8 Å². The average Bonchev–Trinajstić information content (AvgIpc) is 2.34. The van der Waals surface area contributed by atoms with Gasteiger partial charge in [0.2, 0.25) is 0 Å². The molecule has 0 fully saturated rings. The fourth-order valence-corrected chi connectivity index (χ4v) is 2.18. The summed E-state index contributed by atoms with van der Waals surface area (Å²) in [6, 6.07) is 5.53. The number of pyridine rings is 1. The molecule has 18 heavy (non-hydrogen) atoms. The Kier molecular flexibility index (Phi) is 4.07. The van der Waals surface area contributed by atoms with Crippen LogP contribution in [0, 0.1) is 5.82 Å². The first kappa shape index (κ1) is 13.6. The van der Waals surface area contributed by atoms with Gasteiger partial charge in [-0.15, -0.1) is 0 Å². The van der Waals surface area contributed by atoms with Crippen molar-refractivity contribution in [2.45, 2.75) is 6.61 Å². The lowest BCUT2D eigenvalue weighted by atomic mass is 10.1. The second kappa shape index (κ2) is 5.41. The first-order valence-electron chi connectivity index (χ1n) is 4.94. The first-order valence-corrected chi connectivity index (χ1v) is 6.07. The van der Waals surface area contributed by atoms with Crippen molar-refractivity contribution in [2.24, 2.45) is 0 Å². The zero-order valence-corrected chi connectivity index (χ0v) is 11.2. The van der Waals surface area contributed by atoms with Crippen LogP contribution in [0.2, 0.25) is 15.1 Å². The molecule has 1 aromatic heterocycles. The standard InChI is InChI=1S/C12H7Cl3FNO/c13-6-3-8(11(15)9(14)4-6)12-10(16)2-1-7(5-18)17-12/h1-4,18H,5H2. The molecule has 0 aliphatic rings. The number of rotatable bonds is 2. The maximum absolute atomic E-state index is 13.7. The van der Waals surface area contributed by atoms with Crippen molar-refractivity contribution < 1.29 is 9.50 Å². The van der Waals surface area contributed by atoms with E-state index in [2.05, 4.69) is 4.98 Å². The number of aromatic nitrogens is 1. The molecule has 1 N–H and O–H groups in total. The van der Waals surface area contributed by atoms with Crippen molar-refractivity contribution >= 4 is 34.8 Å². The van der Waals surface area contributed by atoms with E-state index >= 15 is 0 Å². The van der Waals surface area contributed by atoms with E-state index in [0.717, 1.165) is 0 Å². The SMILES string of the molecule is OCc1ccc(F)c(-c2cc(Cl)cc(Cl)c2Cl)n1. The third-order valence-corrected chi connectivity index (χ3v) is 3.33. The van der Waals surface area contributed by atoms with Gasteiger partial charge in [-0.05, 0) is 24.3 Å². The summed E-state index contributed by atoms with van der Waals surface area (Å²) in [5.41, 5.74) is 0.636. The van der Waals surface area contributed by atoms with E-state index < -0.39 is 5.82 Å². The minimum Gasteiger partial charge on any atom is -0.390 e. The molecule has 2 nitrogen and oxygen atoms in total. The van der Waals surface area contributed by atoms with E-state index in [4.69, 9.17) is 39.9 Å². The van der Waals surface area contributed by atoms with Crippen molar-refractivity contribution in [1.29, 1.82) is 0 Å². The van der Waals surface area contributed by atoms with E-state index in [1.54, 1.807) is 0 Å². The smallest absolute Gasteiger partial charge is 0.149 e. The van der Waals surface area contributed by atoms with E-state index in [1.165, 1.54) is 24.3 Å². The van der Waals surface area contributed by atoms with Gasteiger partial charge in [-0.3, -0.25) is 0 Å². The Balaban J connectivity index is 2.68. The second-order valence-electron chi connectivity index (χ2n) is 3.54. The lowest BCUT2D eigenvalue weighted by Crippen LogP contribution is -1.96. The van der Waals surface area contributed by atoms with Crippen LogP contribution in [0.3, 0.4) is 0 Å². The number of aliphatic hydroxyl groups is 1. The molecule has 0 bridgehead atoms. The van der Waals surface area contributed by atoms with Crippen molar-refractivity contribution in [3.63, 3.8) is 0 Å². The molecule has 2 aromatic rings. The van der Waals surface area contributed by atoms with Gasteiger partial charge in [0, 0.05) is 10.6 Å². The molecule has 0 spiro atoms. The third kappa shape index (κ3) is 2.59. The Morgan fingerprint density at radius 1 is 1.17 bits per heavy atom. The van der Waals surface area contributed by atoms with Crippen molar-refractivity contribution in [1.82, 2.24) is 4.98 Å². The molecule has 0 aliphatic carbocycles. The van der Waals surface area contributed by atoms with Crippen LogP contribution in [0.25, 0.3) is 11.3 Å². The van der Waals surface area contributed by atoms with Crippen molar-refractivity contribution in [3.05, 3.63) is 50.8 Å². The molecule has 0 amide bonds. The molecular weight excluding hydrogens is 299 g/mol. The highest BCUT2D eigenvalue weighted by Crippen LogP contribution is 2.36. The molecule has 0 radical (unpaired) electrons. The van der Waals surface area contributed by atoms with E-state index in [9.17, 15) is 4.39 Å². The molecule has 0 saturated heterocycles. The van der Waals surface area contributed by atoms with Crippen LogP contribution in [0.15, 0.2) is 24.3 Å². The number of hydrogen-bond donors (Lipinski definition) is 1. The van der Waals surface area contributed by atoms with Gasteiger partial charge in [0.1, 0.15) is 11.5 Å². The molecule has 6 heteroatoms. The molecule has 2 rings (SSSR count). The number of halogens is 4. The third-order valence-electron chi connectivity index (χ3n) is 2.31. The number of nitrogens with zero attached hydrogens (tertiary/aromatic N) is 1. The topological polar surface area (TPSA) is 33.1 Å². The van der Waals surface area contributed by atoms with Gasteiger partial charge in [-0.2, -0.15) is 0 Å². The molecule has 1 heterocycles. The number of hydrogen-bond acceptors (Lipinski definition) is 2. The fraction of sp³-hybridized carbons (Fsp3) is 0.0833. The van der Waals surface area contributed by atoms with Crippen LogP contribution in [-0.2, 0) is 6.61 Å². The summed E-state index contributed by atoms with van der Waals surface area (Å²) in [4.78, 5) is 3.98. The summed E-state index contributed by atoms with van der Waals surface area (Å²) in [7, 11) is 0. The predicted octanol–water partition coefficient (Wildman–Crippen LogP) is 4.34. The first-order chi connectivity index (χ1) is 8.52. The summed E-state index contributed by atoms with van der Waals surface area (Å²) in [5.74, 6) is -0.563. The van der Waals surface area contributed by atoms with Crippen LogP contribution in [0.1, 0.15) is 5.69 Å². The minimum absolute atomic E-state index is 0.0101. The van der Waals surface area contributed by atoms with Gasteiger partial charge in [-0.25, -0.2) is 9.37 Å². The summed E-state index contributed by atoms with van der Waals surface area (Å²) < 4.78 is 13.7. The normalized spacial score (nSPS) is 10.7. The van der Waals surface area contributed by atoms with Gasteiger partial charge in [0.25, 0.3) is 0 Å². The summed E-state index contributed by atoms with van der Waals surface area (Å²) in [5, 5.41) is 9.72. The lowest BCUT2D eigenvalue weighted by Gasteiger charge is -2.08. The Hall–Kier alpha value is -0.870. The molecular formula is C12H7Cl3FNO. The molecule has 0 unspecified atom stereocenters. The molecule has 94 valence electrons. The monoisotopic (exact) mass is 305 g/mol. The van der Waals surface area contributed by atoms with Crippen LogP contribution in [-0.4, -0.2) is 10.1 Å². The largest absolute Gasteiger partial charge is 0.390 e. The second-order valence-corrected chi connectivity index (χ2v) is 4.76. The van der Waals surface area contributed by atoms with Crippen LogP contribution < -0.4 is 0 Å². The fourth-order valence-electron chi connectivity index (χ4n) is 1.49. The predicted molar refractivity (Wildman–Crippen MR) is 70.6 cm³/mol. The van der Waals surface area contributed by atoms with Crippen molar-refractivity contribution in [2.75, 3.05) is 0 Å². The Morgan fingerprint density at radius 2 is 1.89 bits per heavy atom. The molecule has 0 atom stereocenters. The maximum atomic E-state index is 13.7. The number of aliphatic hydroxyl groups excluding tert-OH is 1. The zero-order valence-electron chi connectivity index (χ0n) is 8.92.